The Balaban J connectivity index is 1.73. The number of nitrogens with zero attached hydrogens (tertiary/aromatic N) is 3. The molecule has 0 saturated heterocycles. The molecule has 1 N–H and O–H groups in total. The number of aliphatic imine (C=N–C) groups is 1. The van der Waals surface area contributed by atoms with Gasteiger partial charge in [-0.15, -0.1) is 12.6 Å². The summed E-state index contributed by atoms with van der Waals surface area (Å²) in [7, 11) is 1.47. The molecule has 0 bridgehead atoms. The minimum absolute atomic E-state index is 0.0269. The highest BCUT2D eigenvalue weighted by Crippen LogP contribution is 2.27. The smallest absolute Gasteiger partial charge is 0.298 e. The van der Waals surface area contributed by atoms with E-state index < -0.39 is 0 Å². The van der Waals surface area contributed by atoms with Gasteiger partial charge in [0.25, 0.3) is 5.91 Å². The lowest BCUT2D eigenvalue weighted by atomic mass is 10.2. The molecule has 3 aromatic carbocycles. The summed E-state index contributed by atoms with van der Waals surface area (Å²) < 4.78 is 5.13. The number of hydrogen-bond acceptors (Lipinski definition) is 6. The summed E-state index contributed by atoms with van der Waals surface area (Å²) in [5.41, 5.74) is 2.48. The lowest BCUT2D eigenvalue weighted by Crippen LogP contribution is -2.27. The molecule has 0 radical (unpaired) electrons. The highest BCUT2D eigenvalue weighted by molar-refractivity contribution is 7.80. The number of thiol groups is 1. The number of carbonyl (C=O) groups is 1. The van der Waals surface area contributed by atoms with Gasteiger partial charge < -0.3 is 9.84 Å². The van der Waals surface area contributed by atoms with Crippen molar-refractivity contribution in [2.45, 2.75) is 4.90 Å². The third-order valence-corrected chi connectivity index (χ3v) is 5.03. The number of ether oxygens (including phenoxy) is 1. The van der Waals surface area contributed by atoms with E-state index >= 15 is 0 Å². The van der Waals surface area contributed by atoms with E-state index in [9.17, 15) is 9.90 Å². The van der Waals surface area contributed by atoms with Gasteiger partial charge in [-0.2, -0.15) is 10.1 Å². The summed E-state index contributed by atoms with van der Waals surface area (Å²) >= 11 is 4.45. The summed E-state index contributed by atoms with van der Waals surface area (Å²) in [5, 5.41) is 15.4. The van der Waals surface area contributed by atoms with Gasteiger partial charge in [0.1, 0.15) is 5.70 Å². The van der Waals surface area contributed by atoms with Gasteiger partial charge in [-0.05, 0) is 41.5 Å². The topological polar surface area (TPSA) is 74.5 Å². The molecular formula is C24H19N3O3S. The second kappa shape index (κ2) is 8.89. The molecule has 6 nitrogen and oxygen atoms in total. The molecule has 31 heavy (non-hydrogen) atoms. The van der Waals surface area contributed by atoms with Crippen molar-refractivity contribution in [3.05, 3.63) is 95.2 Å². The van der Waals surface area contributed by atoms with Gasteiger partial charge in [0, 0.05) is 10.5 Å². The van der Waals surface area contributed by atoms with Crippen molar-refractivity contribution in [3.63, 3.8) is 0 Å². The first-order chi connectivity index (χ1) is 15.1. The molecule has 1 aliphatic rings. The number of carbonyl (C=O) groups excluding carboxylic acids is 1. The SMILES string of the molecule is COc1cc(C=NN2C(=O)C(=Cc3ccccc3S)N=C2c2ccccc2)ccc1O. The molecule has 0 atom stereocenters. The van der Waals surface area contributed by atoms with Crippen molar-refractivity contribution in [1.82, 2.24) is 5.01 Å². The van der Waals surface area contributed by atoms with Crippen LogP contribution in [-0.4, -0.2) is 35.2 Å². The number of phenolic OH excluding ortho intramolecular Hbond substituents is 1. The lowest BCUT2D eigenvalue weighted by molar-refractivity contribution is -0.122. The third kappa shape index (κ3) is 4.36. The maximum Gasteiger partial charge on any atom is 0.298 e. The van der Waals surface area contributed by atoms with Crippen LogP contribution in [0.1, 0.15) is 16.7 Å². The fourth-order valence-electron chi connectivity index (χ4n) is 3.04. The van der Waals surface area contributed by atoms with Crippen LogP contribution in [0.15, 0.2) is 93.5 Å². The van der Waals surface area contributed by atoms with Crippen LogP contribution in [0.2, 0.25) is 0 Å². The first-order valence-electron chi connectivity index (χ1n) is 9.46. The van der Waals surface area contributed by atoms with Crippen molar-refractivity contribution >= 4 is 36.7 Å². The number of hydrazone groups is 1. The zero-order valence-corrected chi connectivity index (χ0v) is 17.5. The molecule has 0 spiro atoms. The van der Waals surface area contributed by atoms with Crippen LogP contribution in [0.5, 0.6) is 11.5 Å². The van der Waals surface area contributed by atoms with Crippen LogP contribution >= 0.6 is 12.6 Å². The van der Waals surface area contributed by atoms with E-state index in [1.807, 2.05) is 54.6 Å². The van der Waals surface area contributed by atoms with Crippen LogP contribution < -0.4 is 4.74 Å². The molecule has 0 fully saturated rings. The van der Waals surface area contributed by atoms with Gasteiger partial charge in [-0.25, -0.2) is 4.99 Å². The average Bonchev–Trinajstić information content (AvgIpc) is 3.10. The second-order valence-corrected chi connectivity index (χ2v) is 7.16. The Morgan fingerprint density at radius 2 is 1.81 bits per heavy atom. The fraction of sp³-hybridized carbons (Fsp3) is 0.0417. The van der Waals surface area contributed by atoms with E-state index in [4.69, 9.17) is 4.74 Å². The molecule has 4 rings (SSSR count). The average molecular weight is 430 g/mol. The van der Waals surface area contributed by atoms with E-state index in [2.05, 4.69) is 22.7 Å². The van der Waals surface area contributed by atoms with Crippen molar-refractivity contribution in [2.75, 3.05) is 7.11 Å². The molecule has 154 valence electrons. The van der Waals surface area contributed by atoms with E-state index in [1.54, 1.807) is 18.2 Å². The van der Waals surface area contributed by atoms with Crippen molar-refractivity contribution in [1.29, 1.82) is 0 Å². The standard InChI is InChI=1S/C24H19N3O3S/c1-30-21-13-16(11-12-20(21)28)15-25-27-23(17-7-3-2-4-8-17)26-19(24(27)29)14-18-9-5-6-10-22(18)31/h2-15,28,31H,1H3. The van der Waals surface area contributed by atoms with Crippen LogP contribution in [0, 0.1) is 0 Å². The van der Waals surface area contributed by atoms with Gasteiger partial charge >= 0.3 is 0 Å². The van der Waals surface area contributed by atoms with E-state index in [0.717, 1.165) is 16.0 Å². The number of phenols is 1. The molecule has 1 heterocycles. The molecule has 1 amide bonds. The summed E-state index contributed by atoms with van der Waals surface area (Å²) in [6.45, 7) is 0. The predicted molar refractivity (Wildman–Crippen MR) is 124 cm³/mol. The molecule has 0 unspecified atom stereocenters. The van der Waals surface area contributed by atoms with Crippen LogP contribution in [-0.2, 0) is 4.79 Å². The highest BCUT2D eigenvalue weighted by atomic mass is 32.1. The molecule has 0 saturated carbocycles. The normalized spacial score (nSPS) is 15.0. The minimum atomic E-state index is -0.350. The Kier molecular flexibility index (Phi) is 5.86. The lowest BCUT2D eigenvalue weighted by Gasteiger charge is -2.12. The number of benzene rings is 3. The summed E-state index contributed by atoms with van der Waals surface area (Å²) in [5.74, 6) is 0.423. The number of amides is 1. The van der Waals surface area contributed by atoms with E-state index in [-0.39, 0.29) is 17.4 Å². The molecule has 0 aliphatic carbocycles. The summed E-state index contributed by atoms with van der Waals surface area (Å²) in [4.78, 5) is 18.4. The van der Waals surface area contributed by atoms with Crippen molar-refractivity contribution in [2.24, 2.45) is 10.1 Å². The molecule has 3 aromatic rings. The van der Waals surface area contributed by atoms with Gasteiger partial charge in [0.05, 0.1) is 13.3 Å². The fourth-order valence-corrected chi connectivity index (χ4v) is 3.27. The van der Waals surface area contributed by atoms with Gasteiger partial charge in [0.2, 0.25) is 0 Å². The Morgan fingerprint density at radius 3 is 2.55 bits per heavy atom. The Bertz CT molecular complexity index is 1220. The maximum absolute atomic E-state index is 13.1. The van der Waals surface area contributed by atoms with Gasteiger partial charge in [0.15, 0.2) is 17.3 Å². The number of amidine groups is 1. The van der Waals surface area contributed by atoms with Gasteiger partial charge in [-0.1, -0.05) is 48.5 Å². The second-order valence-electron chi connectivity index (χ2n) is 6.68. The third-order valence-electron chi connectivity index (χ3n) is 4.63. The van der Waals surface area contributed by atoms with Crippen LogP contribution in [0.4, 0.5) is 0 Å². The summed E-state index contributed by atoms with van der Waals surface area (Å²) in [6, 6.07) is 21.7. The summed E-state index contributed by atoms with van der Waals surface area (Å²) in [6.07, 6.45) is 3.22. The number of hydrogen-bond donors (Lipinski definition) is 2. The van der Waals surface area contributed by atoms with Crippen molar-refractivity contribution in [3.8, 4) is 11.5 Å². The first-order valence-corrected chi connectivity index (χ1v) is 9.91. The highest BCUT2D eigenvalue weighted by Gasteiger charge is 2.31. The number of aromatic hydroxyl groups is 1. The number of rotatable bonds is 5. The zero-order valence-electron chi connectivity index (χ0n) is 16.6. The van der Waals surface area contributed by atoms with Crippen molar-refractivity contribution < 1.29 is 14.6 Å². The predicted octanol–water partition coefficient (Wildman–Crippen LogP) is 4.35. The van der Waals surface area contributed by atoms with E-state index in [1.165, 1.54) is 24.4 Å². The van der Waals surface area contributed by atoms with E-state index in [0.29, 0.717) is 17.1 Å². The Labute approximate surface area is 185 Å². The van der Waals surface area contributed by atoms with Crippen LogP contribution in [0.25, 0.3) is 6.08 Å². The Hall–Kier alpha value is -3.84. The molecule has 7 heteroatoms. The zero-order chi connectivity index (χ0) is 21.8. The number of methoxy groups -OCH3 is 1. The molecular weight excluding hydrogens is 410 g/mol. The van der Waals surface area contributed by atoms with Gasteiger partial charge in [-0.3, -0.25) is 4.79 Å². The first kappa shape index (κ1) is 20.4. The monoisotopic (exact) mass is 429 g/mol. The molecule has 1 aliphatic heterocycles. The maximum atomic E-state index is 13.1. The molecule has 0 aromatic heterocycles. The van der Waals surface area contributed by atoms with Crippen LogP contribution in [0.3, 0.4) is 0 Å². The Morgan fingerprint density at radius 1 is 1.06 bits per heavy atom. The quantitative estimate of drug-likeness (QED) is 0.360. The largest absolute Gasteiger partial charge is 0.504 e. The minimum Gasteiger partial charge on any atom is -0.504 e.